The Morgan fingerprint density at radius 3 is 2.74 bits per heavy atom. The third kappa shape index (κ3) is 3.84. The Labute approximate surface area is 114 Å². The van der Waals surface area contributed by atoms with Gasteiger partial charge in [-0.3, -0.25) is 4.79 Å². The zero-order chi connectivity index (χ0) is 13.5. The van der Waals surface area contributed by atoms with Crippen molar-refractivity contribution in [3.05, 3.63) is 35.4 Å². The maximum Gasteiger partial charge on any atom is 0.252 e. The lowest BCUT2D eigenvalue weighted by atomic mass is 9.95. The molecule has 3 nitrogen and oxygen atoms in total. The van der Waals surface area contributed by atoms with E-state index < -0.39 is 0 Å². The topological polar surface area (TPSA) is 49.3 Å². The van der Waals surface area contributed by atoms with Crippen LogP contribution in [0.5, 0.6) is 0 Å². The molecule has 0 aromatic heterocycles. The van der Waals surface area contributed by atoms with Gasteiger partial charge >= 0.3 is 0 Å². The second-order valence-electron chi connectivity index (χ2n) is 4.81. The van der Waals surface area contributed by atoms with E-state index in [1.54, 1.807) is 12.1 Å². The molecule has 0 unspecified atom stereocenters. The van der Waals surface area contributed by atoms with Gasteiger partial charge in [0.2, 0.25) is 0 Å². The lowest BCUT2D eigenvalue weighted by Crippen LogP contribution is -2.36. The lowest BCUT2D eigenvalue weighted by molar-refractivity contribution is 0.0927. The minimum atomic E-state index is -0.196. The summed E-state index contributed by atoms with van der Waals surface area (Å²) in [6.45, 7) is -0.196. The van der Waals surface area contributed by atoms with Crippen LogP contribution in [-0.2, 0) is 0 Å². The highest BCUT2D eigenvalue weighted by Gasteiger charge is 2.17. The number of amides is 1. The SMILES string of the molecule is O=C(NC1CCCCC1)c1ccccc1C#CCO. The van der Waals surface area contributed by atoms with Crippen molar-refractivity contribution < 1.29 is 9.90 Å². The number of hydrogen-bond acceptors (Lipinski definition) is 2. The zero-order valence-corrected chi connectivity index (χ0v) is 11.0. The molecule has 2 rings (SSSR count). The molecular formula is C16H19NO2. The molecule has 1 aliphatic carbocycles. The molecule has 1 aromatic carbocycles. The van der Waals surface area contributed by atoms with Gasteiger partial charge in [0.1, 0.15) is 6.61 Å². The molecule has 19 heavy (non-hydrogen) atoms. The first-order chi connectivity index (χ1) is 9.31. The minimum Gasteiger partial charge on any atom is -0.384 e. The monoisotopic (exact) mass is 257 g/mol. The Bertz CT molecular complexity index is 493. The number of carbonyl (C=O) groups is 1. The number of aliphatic hydroxyl groups is 1. The number of rotatable bonds is 2. The number of benzene rings is 1. The molecule has 3 heteroatoms. The highest BCUT2D eigenvalue weighted by molar-refractivity contribution is 5.96. The van der Waals surface area contributed by atoms with Gasteiger partial charge in [-0.15, -0.1) is 0 Å². The van der Waals surface area contributed by atoms with E-state index in [9.17, 15) is 4.79 Å². The van der Waals surface area contributed by atoms with Crippen LogP contribution >= 0.6 is 0 Å². The average Bonchev–Trinajstić information content (AvgIpc) is 2.46. The van der Waals surface area contributed by atoms with E-state index in [0.29, 0.717) is 17.2 Å². The molecule has 0 atom stereocenters. The minimum absolute atomic E-state index is 0.0604. The molecular weight excluding hydrogens is 238 g/mol. The lowest BCUT2D eigenvalue weighted by Gasteiger charge is -2.23. The Morgan fingerprint density at radius 1 is 1.26 bits per heavy atom. The molecule has 100 valence electrons. The number of aliphatic hydroxyl groups excluding tert-OH is 1. The average molecular weight is 257 g/mol. The quantitative estimate of drug-likeness (QED) is 0.797. The van der Waals surface area contributed by atoms with Crippen molar-refractivity contribution in [1.82, 2.24) is 5.32 Å². The summed E-state index contributed by atoms with van der Waals surface area (Å²) in [5.41, 5.74) is 1.26. The molecule has 0 saturated heterocycles. The van der Waals surface area contributed by atoms with E-state index in [1.165, 1.54) is 19.3 Å². The third-order valence-corrected chi connectivity index (χ3v) is 3.41. The van der Waals surface area contributed by atoms with E-state index >= 15 is 0 Å². The van der Waals surface area contributed by atoms with Crippen molar-refractivity contribution in [3.63, 3.8) is 0 Å². The van der Waals surface area contributed by atoms with Crippen LogP contribution in [0.25, 0.3) is 0 Å². The Kier molecular flexibility index (Phi) is 5.00. The standard InChI is InChI=1S/C16H19NO2/c18-12-6-8-13-7-4-5-11-15(13)16(19)17-14-9-2-1-3-10-14/h4-5,7,11,14,18H,1-3,9-10,12H2,(H,17,19). The van der Waals surface area contributed by atoms with E-state index in [4.69, 9.17) is 5.11 Å². The van der Waals surface area contributed by atoms with Crippen LogP contribution in [0.15, 0.2) is 24.3 Å². The fourth-order valence-corrected chi connectivity index (χ4v) is 2.43. The van der Waals surface area contributed by atoms with Crippen LogP contribution in [0.4, 0.5) is 0 Å². The van der Waals surface area contributed by atoms with Crippen LogP contribution in [0, 0.1) is 11.8 Å². The Hall–Kier alpha value is -1.79. The summed E-state index contributed by atoms with van der Waals surface area (Å²) >= 11 is 0. The number of carbonyl (C=O) groups excluding carboxylic acids is 1. The molecule has 1 aliphatic rings. The maximum atomic E-state index is 12.3. The highest BCUT2D eigenvalue weighted by atomic mass is 16.2. The van der Waals surface area contributed by atoms with Crippen molar-refractivity contribution in [2.24, 2.45) is 0 Å². The molecule has 1 aromatic rings. The number of hydrogen-bond donors (Lipinski definition) is 2. The highest BCUT2D eigenvalue weighted by Crippen LogP contribution is 2.18. The van der Waals surface area contributed by atoms with Crippen molar-refractivity contribution >= 4 is 5.91 Å². The van der Waals surface area contributed by atoms with Gasteiger partial charge in [0.15, 0.2) is 0 Å². The van der Waals surface area contributed by atoms with E-state index in [1.807, 2.05) is 12.1 Å². The summed E-state index contributed by atoms with van der Waals surface area (Å²) in [4.78, 5) is 12.3. The second-order valence-corrected chi connectivity index (χ2v) is 4.81. The maximum absolute atomic E-state index is 12.3. The van der Waals surface area contributed by atoms with Gasteiger partial charge in [-0.1, -0.05) is 43.2 Å². The predicted octanol–water partition coefficient (Wildman–Crippen LogP) is 2.09. The predicted molar refractivity (Wildman–Crippen MR) is 74.7 cm³/mol. The molecule has 0 radical (unpaired) electrons. The van der Waals surface area contributed by atoms with Gasteiger partial charge in [-0.25, -0.2) is 0 Å². The summed E-state index contributed by atoms with van der Waals surface area (Å²) in [6, 6.07) is 7.55. The summed E-state index contributed by atoms with van der Waals surface area (Å²) < 4.78 is 0. The summed E-state index contributed by atoms with van der Waals surface area (Å²) in [6.07, 6.45) is 5.78. The van der Waals surface area contributed by atoms with Crippen molar-refractivity contribution in [1.29, 1.82) is 0 Å². The largest absolute Gasteiger partial charge is 0.384 e. The van der Waals surface area contributed by atoms with E-state index in [0.717, 1.165) is 12.8 Å². The zero-order valence-electron chi connectivity index (χ0n) is 11.0. The smallest absolute Gasteiger partial charge is 0.252 e. The Balaban J connectivity index is 2.09. The third-order valence-electron chi connectivity index (χ3n) is 3.41. The Morgan fingerprint density at radius 2 is 2.00 bits per heavy atom. The van der Waals surface area contributed by atoms with Gasteiger partial charge < -0.3 is 10.4 Å². The van der Waals surface area contributed by atoms with Gasteiger partial charge in [0, 0.05) is 11.6 Å². The van der Waals surface area contributed by atoms with Crippen LogP contribution in [0.3, 0.4) is 0 Å². The molecule has 1 fully saturated rings. The molecule has 0 aliphatic heterocycles. The van der Waals surface area contributed by atoms with Crippen LogP contribution in [0.2, 0.25) is 0 Å². The van der Waals surface area contributed by atoms with Gasteiger partial charge in [0.05, 0.1) is 5.56 Å². The first-order valence-electron chi connectivity index (χ1n) is 6.81. The van der Waals surface area contributed by atoms with E-state index in [-0.39, 0.29) is 12.5 Å². The van der Waals surface area contributed by atoms with Crippen molar-refractivity contribution in [2.75, 3.05) is 6.61 Å². The first-order valence-corrected chi connectivity index (χ1v) is 6.81. The molecule has 2 N–H and O–H groups in total. The molecule has 0 heterocycles. The first kappa shape index (κ1) is 13.6. The van der Waals surface area contributed by atoms with Gasteiger partial charge in [-0.05, 0) is 25.0 Å². The van der Waals surface area contributed by atoms with Gasteiger partial charge in [0.25, 0.3) is 5.91 Å². The van der Waals surface area contributed by atoms with E-state index in [2.05, 4.69) is 17.2 Å². The van der Waals surface area contributed by atoms with Gasteiger partial charge in [-0.2, -0.15) is 0 Å². The number of nitrogens with one attached hydrogen (secondary N) is 1. The molecule has 0 bridgehead atoms. The fraction of sp³-hybridized carbons (Fsp3) is 0.438. The second kappa shape index (κ2) is 6.96. The summed E-state index contributed by atoms with van der Waals surface area (Å²) in [5, 5.41) is 11.8. The molecule has 1 amide bonds. The molecule has 1 saturated carbocycles. The fourth-order valence-electron chi connectivity index (χ4n) is 2.43. The normalized spacial score (nSPS) is 15.4. The summed E-state index contributed by atoms with van der Waals surface area (Å²) in [5.74, 6) is 5.35. The summed E-state index contributed by atoms with van der Waals surface area (Å²) in [7, 11) is 0. The van der Waals surface area contributed by atoms with Crippen LogP contribution in [0.1, 0.15) is 48.0 Å². The van der Waals surface area contributed by atoms with Crippen LogP contribution < -0.4 is 5.32 Å². The van der Waals surface area contributed by atoms with Crippen molar-refractivity contribution in [2.45, 2.75) is 38.1 Å². The molecule has 0 spiro atoms. The van der Waals surface area contributed by atoms with Crippen LogP contribution in [-0.4, -0.2) is 23.7 Å². The van der Waals surface area contributed by atoms with Crippen molar-refractivity contribution in [3.8, 4) is 11.8 Å².